The van der Waals surface area contributed by atoms with Gasteiger partial charge >= 0.3 is 0 Å². The molecule has 0 saturated heterocycles. The molecule has 0 radical (unpaired) electrons. The predicted molar refractivity (Wildman–Crippen MR) is 97.6 cm³/mol. The van der Waals surface area contributed by atoms with Crippen molar-refractivity contribution in [1.29, 1.82) is 5.26 Å². The number of carbonyl (C=O) groups excluding carboxylic acids is 1. The summed E-state index contributed by atoms with van der Waals surface area (Å²) in [5, 5.41) is 16.8. The number of anilines is 1. The number of ether oxygens (including phenoxy) is 1. The van der Waals surface area contributed by atoms with Crippen molar-refractivity contribution in [2.75, 3.05) is 11.9 Å². The van der Waals surface area contributed by atoms with E-state index in [4.69, 9.17) is 9.88 Å². The SMILES string of the molecule is CCOc1ccc(C=C(C#N)C(=O)Nc2ccc(S(N)(=O)=O)cc2)cc1. The normalized spacial score (nSPS) is 11.5. The molecule has 0 aliphatic heterocycles. The van der Waals surface area contributed by atoms with Crippen LogP contribution in [0.4, 0.5) is 5.69 Å². The zero-order valence-electron chi connectivity index (χ0n) is 14.0. The molecule has 0 aliphatic rings. The molecule has 2 aromatic carbocycles. The van der Waals surface area contributed by atoms with E-state index >= 15 is 0 Å². The van der Waals surface area contributed by atoms with Crippen LogP contribution in [0.25, 0.3) is 6.08 Å². The summed E-state index contributed by atoms with van der Waals surface area (Å²) in [6.07, 6.45) is 1.45. The Hall–Kier alpha value is -3.15. The summed E-state index contributed by atoms with van der Waals surface area (Å²) >= 11 is 0. The Morgan fingerprint density at radius 3 is 2.31 bits per heavy atom. The van der Waals surface area contributed by atoms with E-state index in [-0.39, 0.29) is 10.5 Å². The Kier molecular flexibility index (Phi) is 6.11. The van der Waals surface area contributed by atoms with Crippen LogP contribution in [0.15, 0.2) is 59.0 Å². The van der Waals surface area contributed by atoms with Gasteiger partial charge in [0, 0.05) is 5.69 Å². The lowest BCUT2D eigenvalue weighted by molar-refractivity contribution is -0.112. The molecule has 134 valence electrons. The van der Waals surface area contributed by atoms with Gasteiger partial charge in [0.1, 0.15) is 17.4 Å². The maximum Gasteiger partial charge on any atom is 0.266 e. The van der Waals surface area contributed by atoms with Gasteiger partial charge in [-0.15, -0.1) is 0 Å². The summed E-state index contributed by atoms with van der Waals surface area (Å²) in [4.78, 5) is 12.2. The highest BCUT2D eigenvalue weighted by atomic mass is 32.2. The van der Waals surface area contributed by atoms with Crippen LogP contribution in [0.5, 0.6) is 5.75 Å². The minimum absolute atomic E-state index is 0.0686. The van der Waals surface area contributed by atoms with Crippen molar-refractivity contribution >= 4 is 27.7 Å². The van der Waals surface area contributed by atoms with E-state index in [2.05, 4.69) is 5.32 Å². The van der Waals surface area contributed by atoms with Crippen LogP contribution in [0.1, 0.15) is 12.5 Å². The molecule has 0 bridgehead atoms. The van der Waals surface area contributed by atoms with Crippen molar-refractivity contribution in [2.24, 2.45) is 5.14 Å². The largest absolute Gasteiger partial charge is 0.494 e. The van der Waals surface area contributed by atoms with Crippen molar-refractivity contribution in [3.8, 4) is 11.8 Å². The molecular formula is C18H17N3O4S. The van der Waals surface area contributed by atoms with Crippen LogP contribution in [-0.2, 0) is 14.8 Å². The molecule has 0 aromatic heterocycles. The lowest BCUT2D eigenvalue weighted by atomic mass is 10.1. The molecule has 0 atom stereocenters. The number of benzene rings is 2. The van der Waals surface area contributed by atoms with Gasteiger partial charge in [-0.3, -0.25) is 4.79 Å². The molecule has 3 N–H and O–H groups in total. The lowest BCUT2D eigenvalue weighted by Gasteiger charge is -2.06. The first kappa shape index (κ1) is 19.2. The zero-order valence-corrected chi connectivity index (χ0v) is 14.8. The van der Waals surface area contributed by atoms with Crippen molar-refractivity contribution in [3.63, 3.8) is 0 Å². The van der Waals surface area contributed by atoms with E-state index < -0.39 is 15.9 Å². The van der Waals surface area contributed by atoms with Gasteiger partial charge in [-0.25, -0.2) is 13.6 Å². The number of hydrogen-bond donors (Lipinski definition) is 2. The third-order valence-electron chi connectivity index (χ3n) is 3.31. The van der Waals surface area contributed by atoms with Crippen LogP contribution >= 0.6 is 0 Å². The van der Waals surface area contributed by atoms with E-state index in [0.29, 0.717) is 23.6 Å². The summed E-state index contributed by atoms with van der Waals surface area (Å²) in [5.74, 6) is 0.0901. The van der Waals surface area contributed by atoms with Gasteiger partial charge in [0.2, 0.25) is 10.0 Å². The average molecular weight is 371 g/mol. The summed E-state index contributed by atoms with van der Waals surface area (Å²) in [6, 6.07) is 14.1. The van der Waals surface area contributed by atoms with Crippen LogP contribution in [0.3, 0.4) is 0 Å². The number of nitrogens with two attached hydrogens (primary N) is 1. The van der Waals surface area contributed by atoms with E-state index in [1.165, 1.54) is 30.3 Å². The zero-order chi connectivity index (χ0) is 19.2. The first-order valence-corrected chi connectivity index (χ1v) is 9.17. The number of nitriles is 1. The molecule has 0 unspecified atom stereocenters. The topological polar surface area (TPSA) is 122 Å². The minimum atomic E-state index is -3.80. The molecule has 0 heterocycles. The fourth-order valence-electron chi connectivity index (χ4n) is 2.07. The van der Waals surface area contributed by atoms with Crippen LogP contribution in [0.2, 0.25) is 0 Å². The van der Waals surface area contributed by atoms with Crippen molar-refractivity contribution in [3.05, 3.63) is 59.7 Å². The van der Waals surface area contributed by atoms with Gasteiger partial charge in [0.25, 0.3) is 5.91 Å². The second kappa shape index (κ2) is 8.29. The van der Waals surface area contributed by atoms with E-state index in [0.717, 1.165) is 0 Å². The van der Waals surface area contributed by atoms with Gasteiger partial charge < -0.3 is 10.1 Å². The van der Waals surface area contributed by atoms with Gasteiger partial charge in [-0.2, -0.15) is 5.26 Å². The molecule has 26 heavy (non-hydrogen) atoms. The van der Waals surface area contributed by atoms with Gasteiger partial charge in [0.15, 0.2) is 0 Å². The Labute approximate surface area is 151 Å². The smallest absolute Gasteiger partial charge is 0.266 e. The Morgan fingerprint density at radius 2 is 1.81 bits per heavy atom. The molecule has 0 saturated carbocycles. The summed E-state index contributed by atoms with van der Waals surface area (Å²) in [6.45, 7) is 2.42. The van der Waals surface area contributed by atoms with Gasteiger partial charge in [-0.1, -0.05) is 12.1 Å². The number of nitrogens with zero attached hydrogens (tertiary/aromatic N) is 1. The second-order valence-electron chi connectivity index (χ2n) is 5.20. The first-order valence-electron chi connectivity index (χ1n) is 7.62. The maximum absolute atomic E-state index is 12.2. The molecule has 2 rings (SSSR count). The number of hydrogen-bond acceptors (Lipinski definition) is 5. The van der Waals surface area contributed by atoms with Gasteiger partial charge in [-0.05, 0) is 55.0 Å². The second-order valence-corrected chi connectivity index (χ2v) is 6.76. The van der Waals surface area contributed by atoms with Crippen molar-refractivity contribution < 1.29 is 17.9 Å². The molecule has 0 fully saturated rings. The predicted octanol–water partition coefficient (Wildman–Crippen LogP) is 2.28. The van der Waals surface area contributed by atoms with Crippen LogP contribution in [0, 0.1) is 11.3 Å². The third-order valence-corrected chi connectivity index (χ3v) is 4.24. The van der Waals surface area contributed by atoms with Crippen LogP contribution in [-0.4, -0.2) is 20.9 Å². The first-order chi connectivity index (χ1) is 12.3. The Morgan fingerprint density at radius 1 is 1.19 bits per heavy atom. The van der Waals surface area contributed by atoms with Crippen LogP contribution < -0.4 is 15.2 Å². The fraction of sp³-hybridized carbons (Fsp3) is 0.111. The highest BCUT2D eigenvalue weighted by Gasteiger charge is 2.11. The number of rotatable bonds is 6. The van der Waals surface area contributed by atoms with E-state index in [9.17, 15) is 18.5 Å². The molecule has 0 spiro atoms. The highest BCUT2D eigenvalue weighted by Crippen LogP contribution is 2.16. The molecule has 8 heteroatoms. The standard InChI is InChI=1S/C18H17N3O4S/c1-2-25-16-7-3-13(4-8-16)11-14(12-19)18(22)21-15-5-9-17(10-6-15)26(20,23)24/h3-11H,2H2,1H3,(H,21,22)(H2,20,23,24). The number of nitrogens with one attached hydrogen (secondary N) is 1. The average Bonchev–Trinajstić information content (AvgIpc) is 2.61. The quantitative estimate of drug-likeness (QED) is 0.596. The summed E-state index contributed by atoms with van der Waals surface area (Å²) < 4.78 is 27.8. The third kappa shape index (κ3) is 5.17. The summed E-state index contributed by atoms with van der Waals surface area (Å²) in [7, 11) is -3.80. The molecule has 2 aromatic rings. The molecule has 1 amide bonds. The number of sulfonamides is 1. The number of amides is 1. The number of primary sulfonamides is 1. The van der Waals surface area contributed by atoms with E-state index in [1.807, 2.05) is 13.0 Å². The van der Waals surface area contributed by atoms with Crippen molar-refractivity contribution in [1.82, 2.24) is 0 Å². The highest BCUT2D eigenvalue weighted by molar-refractivity contribution is 7.89. The maximum atomic E-state index is 12.2. The van der Waals surface area contributed by atoms with Crippen molar-refractivity contribution in [2.45, 2.75) is 11.8 Å². The van der Waals surface area contributed by atoms with E-state index in [1.54, 1.807) is 24.3 Å². The number of carbonyl (C=O) groups is 1. The minimum Gasteiger partial charge on any atom is -0.494 e. The molecular weight excluding hydrogens is 354 g/mol. The Bertz CT molecular complexity index is 957. The van der Waals surface area contributed by atoms with Gasteiger partial charge in [0.05, 0.1) is 11.5 Å². The lowest BCUT2D eigenvalue weighted by Crippen LogP contribution is -2.14. The Balaban J connectivity index is 2.14. The summed E-state index contributed by atoms with van der Waals surface area (Å²) in [5.41, 5.74) is 0.921. The molecule has 7 nitrogen and oxygen atoms in total. The fourth-order valence-corrected chi connectivity index (χ4v) is 2.58. The molecule has 0 aliphatic carbocycles. The monoisotopic (exact) mass is 371 g/mol.